The van der Waals surface area contributed by atoms with Gasteiger partial charge < -0.3 is 15.2 Å². The van der Waals surface area contributed by atoms with E-state index in [2.05, 4.69) is 15.5 Å². The molecule has 0 aliphatic rings. The number of hydrogen-bond donors (Lipinski definition) is 2. The molecular formula is C20H21F2N3O2S2. The molecule has 0 saturated carbocycles. The lowest BCUT2D eigenvalue weighted by Gasteiger charge is -2.21. The molecule has 1 heterocycles. The van der Waals surface area contributed by atoms with Gasteiger partial charge in [-0.15, -0.1) is 10.2 Å². The second kappa shape index (κ2) is 10.6. The van der Waals surface area contributed by atoms with Gasteiger partial charge in [-0.1, -0.05) is 47.4 Å². The van der Waals surface area contributed by atoms with Gasteiger partial charge in [0, 0.05) is 12.3 Å². The molecule has 0 radical (unpaired) electrons. The topological polar surface area (TPSA) is 67.3 Å². The molecule has 0 spiro atoms. The van der Waals surface area contributed by atoms with E-state index in [9.17, 15) is 13.9 Å². The van der Waals surface area contributed by atoms with Crippen molar-refractivity contribution in [2.75, 3.05) is 24.2 Å². The highest BCUT2D eigenvalue weighted by Crippen LogP contribution is 2.28. The predicted molar refractivity (Wildman–Crippen MR) is 111 cm³/mol. The number of benzene rings is 2. The van der Waals surface area contributed by atoms with Crippen LogP contribution in [0.15, 0.2) is 52.9 Å². The summed E-state index contributed by atoms with van der Waals surface area (Å²) in [7, 11) is 0. The SMILES string of the molecule is CCNc1nnc(SCC(O)COC(c2ccc(F)cc2)c2ccc(F)cc2)s1. The molecule has 0 aliphatic heterocycles. The Morgan fingerprint density at radius 3 is 2.17 bits per heavy atom. The number of aliphatic hydroxyl groups excluding tert-OH is 1. The first kappa shape index (κ1) is 21.6. The number of hydrogen-bond acceptors (Lipinski definition) is 7. The van der Waals surface area contributed by atoms with Crippen LogP contribution < -0.4 is 5.32 Å². The standard InChI is InChI=1S/C20H21F2N3O2S2/c1-2-23-19-24-25-20(29-19)28-12-17(26)11-27-18(13-3-7-15(21)8-4-13)14-5-9-16(22)10-6-14/h3-10,17-18,26H,2,11-12H2,1H3,(H,23,24). The van der Waals surface area contributed by atoms with Gasteiger partial charge in [-0.3, -0.25) is 0 Å². The number of halogens is 2. The lowest BCUT2D eigenvalue weighted by atomic mass is 10.0. The fraction of sp³-hybridized carbons (Fsp3) is 0.300. The van der Waals surface area contributed by atoms with Crippen LogP contribution in [-0.2, 0) is 4.74 Å². The van der Waals surface area contributed by atoms with Crippen LogP contribution in [0.3, 0.4) is 0 Å². The first-order valence-corrected chi connectivity index (χ1v) is 10.9. The zero-order chi connectivity index (χ0) is 20.6. The van der Waals surface area contributed by atoms with E-state index in [1.54, 1.807) is 24.3 Å². The smallest absolute Gasteiger partial charge is 0.206 e. The number of anilines is 1. The third-order valence-corrected chi connectivity index (χ3v) is 6.09. The van der Waals surface area contributed by atoms with Gasteiger partial charge in [0.15, 0.2) is 4.34 Å². The molecule has 2 N–H and O–H groups in total. The third kappa shape index (κ3) is 6.46. The maximum absolute atomic E-state index is 13.3. The summed E-state index contributed by atoms with van der Waals surface area (Å²) in [6, 6.07) is 11.9. The Morgan fingerprint density at radius 1 is 1.03 bits per heavy atom. The van der Waals surface area contributed by atoms with Crippen molar-refractivity contribution in [1.29, 1.82) is 0 Å². The van der Waals surface area contributed by atoms with Crippen LogP contribution in [0.2, 0.25) is 0 Å². The number of aromatic nitrogens is 2. The molecule has 3 rings (SSSR count). The normalized spacial score (nSPS) is 12.3. The van der Waals surface area contributed by atoms with Crippen LogP contribution in [0.25, 0.3) is 0 Å². The van der Waals surface area contributed by atoms with E-state index in [4.69, 9.17) is 4.74 Å². The lowest BCUT2D eigenvalue weighted by Crippen LogP contribution is -2.20. The van der Waals surface area contributed by atoms with Crippen LogP contribution in [-0.4, -0.2) is 40.3 Å². The molecule has 1 atom stereocenters. The number of rotatable bonds is 10. The van der Waals surface area contributed by atoms with E-state index >= 15 is 0 Å². The van der Waals surface area contributed by atoms with Gasteiger partial charge >= 0.3 is 0 Å². The van der Waals surface area contributed by atoms with Crippen molar-refractivity contribution in [3.63, 3.8) is 0 Å². The van der Waals surface area contributed by atoms with Crippen molar-refractivity contribution in [2.45, 2.75) is 23.5 Å². The molecule has 1 aromatic heterocycles. The minimum atomic E-state index is -0.741. The van der Waals surface area contributed by atoms with E-state index in [1.807, 2.05) is 6.92 Å². The van der Waals surface area contributed by atoms with Crippen LogP contribution in [0.1, 0.15) is 24.2 Å². The fourth-order valence-electron chi connectivity index (χ4n) is 2.57. The molecule has 0 aliphatic carbocycles. The number of aliphatic hydroxyl groups is 1. The summed E-state index contributed by atoms with van der Waals surface area (Å²) in [5.41, 5.74) is 1.44. The van der Waals surface area contributed by atoms with Crippen molar-refractivity contribution >= 4 is 28.2 Å². The minimum Gasteiger partial charge on any atom is -0.390 e. The molecular weight excluding hydrogens is 416 g/mol. The van der Waals surface area contributed by atoms with Crippen molar-refractivity contribution in [3.05, 3.63) is 71.3 Å². The Hall–Kier alpha value is -2.07. The largest absolute Gasteiger partial charge is 0.390 e. The molecule has 0 fully saturated rings. The predicted octanol–water partition coefficient (Wildman–Crippen LogP) is 4.51. The Labute approximate surface area is 176 Å². The van der Waals surface area contributed by atoms with Gasteiger partial charge in [0.1, 0.15) is 17.7 Å². The van der Waals surface area contributed by atoms with Gasteiger partial charge in [0.2, 0.25) is 5.13 Å². The highest BCUT2D eigenvalue weighted by Gasteiger charge is 2.18. The second-order valence-corrected chi connectivity index (χ2v) is 8.43. The van der Waals surface area contributed by atoms with E-state index in [0.29, 0.717) is 5.75 Å². The van der Waals surface area contributed by atoms with Crippen molar-refractivity contribution in [1.82, 2.24) is 10.2 Å². The summed E-state index contributed by atoms with van der Waals surface area (Å²) in [5, 5.41) is 22.2. The van der Waals surface area contributed by atoms with Gasteiger partial charge in [-0.2, -0.15) is 0 Å². The van der Waals surface area contributed by atoms with Crippen LogP contribution in [0.5, 0.6) is 0 Å². The molecule has 1 unspecified atom stereocenters. The summed E-state index contributed by atoms with van der Waals surface area (Å²) in [4.78, 5) is 0. The molecule has 0 amide bonds. The first-order valence-electron chi connectivity index (χ1n) is 9.06. The molecule has 5 nitrogen and oxygen atoms in total. The van der Waals surface area contributed by atoms with Crippen molar-refractivity contribution in [2.24, 2.45) is 0 Å². The molecule has 0 bridgehead atoms. The zero-order valence-electron chi connectivity index (χ0n) is 15.7. The molecule has 0 saturated heterocycles. The average Bonchev–Trinajstić information content (AvgIpc) is 3.17. The van der Waals surface area contributed by atoms with Gasteiger partial charge in [-0.05, 0) is 42.3 Å². The Bertz CT molecular complexity index is 846. The van der Waals surface area contributed by atoms with Crippen LogP contribution in [0, 0.1) is 11.6 Å². The number of nitrogens with one attached hydrogen (secondary N) is 1. The quantitative estimate of drug-likeness (QED) is 0.455. The van der Waals surface area contributed by atoms with Crippen molar-refractivity contribution in [3.8, 4) is 0 Å². The second-order valence-electron chi connectivity index (χ2n) is 6.18. The summed E-state index contributed by atoms with van der Waals surface area (Å²) in [5.74, 6) is -0.311. The zero-order valence-corrected chi connectivity index (χ0v) is 17.4. The molecule has 3 aromatic rings. The lowest BCUT2D eigenvalue weighted by molar-refractivity contribution is 0.0155. The maximum Gasteiger partial charge on any atom is 0.206 e. The third-order valence-electron chi connectivity index (χ3n) is 3.93. The Morgan fingerprint density at radius 2 is 1.62 bits per heavy atom. The van der Waals surface area contributed by atoms with Gasteiger partial charge in [0.25, 0.3) is 0 Å². The monoisotopic (exact) mass is 437 g/mol. The number of ether oxygens (including phenoxy) is 1. The Balaban J connectivity index is 1.61. The van der Waals surface area contributed by atoms with E-state index in [0.717, 1.165) is 27.1 Å². The van der Waals surface area contributed by atoms with E-state index < -0.39 is 12.2 Å². The summed E-state index contributed by atoms with van der Waals surface area (Å²) < 4.78 is 33.3. The van der Waals surface area contributed by atoms with Crippen LogP contribution >= 0.6 is 23.1 Å². The van der Waals surface area contributed by atoms with Gasteiger partial charge in [0.05, 0.1) is 12.7 Å². The summed E-state index contributed by atoms with van der Waals surface area (Å²) in [6.45, 7) is 2.81. The molecule has 154 valence electrons. The first-order chi connectivity index (χ1) is 14.0. The maximum atomic E-state index is 13.3. The fourth-order valence-corrected chi connectivity index (χ4v) is 4.33. The summed E-state index contributed by atoms with van der Waals surface area (Å²) in [6.07, 6.45) is -1.28. The van der Waals surface area contributed by atoms with Gasteiger partial charge in [-0.25, -0.2) is 8.78 Å². The highest BCUT2D eigenvalue weighted by atomic mass is 32.2. The highest BCUT2D eigenvalue weighted by molar-refractivity contribution is 8.01. The van der Waals surface area contributed by atoms with E-state index in [1.165, 1.54) is 47.4 Å². The van der Waals surface area contributed by atoms with Crippen LogP contribution in [0.4, 0.5) is 13.9 Å². The average molecular weight is 438 g/mol. The molecule has 29 heavy (non-hydrogen) atoms. The molecule has 2 aromatic carbocycles. The number of thioether (sulfide) groups is 1. The van der Waals surface area contributed by atoms with Crippen molar-refractivity contribution < 1.29 is 18.6 Å². The Kier molecular flexibility index (Phi) is 7.93. The van der Waals surface area contributed by atoms with E-state index in [-0.39, 0.29) is 18.2 Å². The molecule has 9 heteroatoms. The minimum absolute atomic E-state index is 0.0608. The summed E-state index contributed by atoms with van der Waals surface area (Å²) >= 11 is 2.83. The number of nitrogens with zero attached hydrogens (tertiary/aromatic N) is 2.